The molecule has 0 aromatic heterocycles. The highest BCUT2D eigenvalue weighted by molar-refractivity contribution is 7.47. The number of carbonyl (C=O) groups is 2. The molecule has 0 aromatic carbocycles. The first-order chi connectivity index (χ1) is 40.8. The fourth-order valence-corrected chi connectivity index (χ4v) is 10.2. The van der Waals surface area contributed by atoms with E-state index in [1.807, 2.05) is 0 Å². The van der Waals surface area contributed by atoms with Gasteiger partial charge in [0, 0.05) is 19.4 Å². The van der Waals surface area contributed by atoms with Gasteiger partial charge in [0.05, 0.1) is 13.2 Å². The second-order valence-corrected chi connectivity index (χ2v) is 23.7. The van der Waals surface area contributed by atoms with Crippen LogP contribution in [-0.2, 0) is 32.7 Å². The third kappa shape index (κ3) is 67.4. The van der Waals surface area contributed by atoms with E-state index in [2.05, 4.69) is 135 Å². The number of phosphoric acid groups is 1. The summed E-state index contributed by atoms with van der Waals surface area (Å²) in [5.74, 6) is -0.830. The molecule has 0 spiro atoms. The van der Waals surface area contributed by atoms with Crippen LogP contribution in [-0.4, -0.2) is 49.3 Å². The molecule has 0 fully saturated rings. The van der Waals surface area contributed by atoms with Gasteiger partial charge in [-0.3, -0.25) is 18.6 Å². The zero-order valence-corrected chi connectivity index (χ0v) is 54.3. The van der Waals surface area contributed by atoms with Crippen molar-refractivity contribution in [3.63, 3.8) is 0 Å². The van der Waals surface area contributed by atoms with Crippen molar-refractivity contribution in [1.29, 1.82) is 0 Å². The molecule has 2 unspecified atom stereocenters. The van der Waals surface area contributed by atoms with Gasteiger partial charge in [-0.15, -0.1) is 0 Å². The number of unbranched alkanes of at least 4 members (excludes halogenated alkanes) is 30. The van der Waals surface area contributed by atoms with Gasteiger partial charge in [0.1, 0.15) is 6.61 Å². The summed E-state index contributed by atoms with van der Waals surface area (Å²) in [5, 5.41) is 0. The predicted molar refractivity (Wildman–Crippen MR) is 358 cm³/mol. The number of hydrogen-bond acceptors (Lipinski definition) is 8. The molecular formula is C73H126NO8P. The lowest BCUT2D eigenvalue weighted by molar-refractivity contribution is -0.161. The van der Waals surface area contributed by atoms with Gasteiger partial charge in [-0.05, 0) is 103 Å². The lowest BCUT2D eigenvalue weighted by Crippen LogP contribution is -2.29. The molecule has 83 heavy (non-hydrogen) atoms. The van der Waals surface area contributed by atoms with Crippen molar-refractivity contribution in [3.05, 3.63) is 122 Å². The van der Waals surface area contributed by atoms with Crippen LogP contribution in [0.4, 0.5) is 0 Å². The van der Waals surface area contributed by atoms with Crippen LogP contribution in [0.15, 0.2) is 122 Å². The molecule has 0 amide bonds. The van der Waals surface area contributed by atoms with Gasteiger partial charge < -0.3 is 20.1 Å². The summed E-state index contributed by atoms with van der Waals surface area (Å²) in [4.78, 5) is 35.3. The second-order valence-electron chi connectivity index (χ2n) is 22.3. The number of rotatable bonds is 63. The number of carbonyl (C=O) groups excluding carboxylic acids is 2. The van der Waals surface area contributed by atoms with Crippen LogP contribution in [0.5, 0.6) is 0 Å². The maximum absolute atomic E-state index is 12.8. The molecule has 0 saturated carbocycles. The summed E-state index contributed by atoms with van der Waals surface area (Å²) in [6, 6.07) is 0. The predicted octanol–water partition coefficient (Wildman–Crippen LogP) is 22.3. The molecule has 0 saturated heterocycles. The Morgan fingerprint density at radius 3 is 0.928 bits per heavy atom. The minimum Gasteiger partial charge on any atom is -0.462 e. The second kappa shape index (κ2) is 67.5. The third-order valence-electron chi connectivity index (χ3n) is 14.3. The highest BCUT2D eigenvalue weighted by atomic mass is 31.2. The van der Waals surface area contributed by atoms with E-state index >= 15 is 0 Å². The summed E-state index contributed by atoms with van der Waals surface area (Å²) in [7, 11) is -4.40. The first kappa shape index (κ1) is 79.4. The molecule has 476 valence electrons. The van der Waals surface area contributed by atoms with E-state index in [4.69, 9.17) is 24.3 Å². The Balaban J connectivity index is 3.87. The van der Waals surface area contributed by atoms with Crippen molar-refractivity contribution in [2.24, 2.45) is 5.73 Å². The molecular weight excluding hydrogens is 1050 g/mol. The average Bonchev–Trinajstić information content (AvgIpc) is 3.49. The smallest absolute Gasteiger partial charge is 0.462 e. The van der Waals surface area contributed by atoms with Crippen molar-refractivity contribution in [1.82, 2.24) is 0 Å². The molecule has 10 heteroatoms. The molecule has 3 N–H and O–H groups in total. The number of nitrogens with two attached hydrogens (primary N) is 1. The Labute approximate surface area is 511 Å². The Bertz CT molecular complexity index is 1770. The fraction of sp³-hybridized carbons (Fsp3) is 0.699. The van der Waals surface area contributed by atoms with Gasteiger partial charge in [-0.2, -0.15) is 0 Å². The molecule has 0 aromatic rings. The number of allylic oxidation sites excluding steroid dienone is 20. The van der Waals surface area contributed by atoms with E-state index in [9.17, 15) is 19.0 Å². The number of hydrogen-bond donors (Lipinski definition) is 2. The zero-order chi connectivity index (χ0) is 60.1. The topological polar surface area (TPSA) is 134 Å². The van der Waals surface area contributed by atoms with Gasteiger partial charge in [-0.25, -0.2) is 4.57 Å². The van der Waals surface area contributed by atoms with E-state index in [0.717, 1.165) is 116 Å². The molecule has 0 rings (SSSR count). The van der Waals surface area contributed by atoms with E-state index in [1.165, 1.54) is 148 Å². The molecule has 0 radical (unpaired) electrons. The van der Waals surface area contributed by atoms with Gasteiger partial charge in [-0.1, -0.05) is 302 Å². The summed E-state index contributed by atoms with van der Waals surface area (Å²) >= 11 is 0. The van der Waals surface area contributed by atoms with Crippen molar-refractivity contribution < 1.29 is 37.6 Å². The lowest BCUT2D eigenvalue weighted by Gasteiger charge is -2.19. The third-order valence-corrected chi connectivity index (χ3v) is 15.3. The maximum Gasteiger partial charge on any atom is 0.472 e. The summed E-state index contributed by atoms with van der Waals surface area (Å²) in [5.41, 5.74) is 5.40. The average molecular weight is 1180 g/mol. The van der Waals surface area contributed by atoms with Crippen LogP contribution in [0.2, 0.25) is 0 Å². The Hall–Kier alpha value is -3.59. The standard InChI is InChI=1S/C73H126NO8P/c1-3-5-7-9-11-13-15-17-19-21-23-25-27-29-30-31-32-33-34-35-36-37-38-39-40-42-44-46-48-50-52-54-56-58-60-62-64-66-73(76)82-71(70-81-83(77,78)80-68-67-74)69-79-72(75)65-63-61-59-57-55-53-51-49-47-45-43-41-28-26-24-22-20-18-16-14-12-10-8-6-4-2/h5-8,11-14,17-20,23-26,29-30,41,43,71H,3-4,9-10,15-16,21-22,27-28,31-40,42,44-70,74H2,1-2H3,(H,77,78)/b7-5-,8-6-,13-11-,14-12-,19-17-,20-18-,25-23-,26-24-,30-29-,43-41-. The molecule has 0 bridgehead atoms. The minimum absolute atomic E-state index is 0.0490. The van der Waals surface area contributed by atoms with Crippen LogP contribution < -0.4 is 5.73 Å². The van der Waals surface area contributed by atoms with Gasteiger partial charge in [0.15, 0.2) is 6.10 Å². The van der Waals surface area contributed by atoms with Gasteiger partial charge in [0.25, 0.3) is 0 Å². The Morgan fingerprint density at radius 1 is 0.361 bits per heavy atom. The van der Waals surface area contributed by atoms with Crippen LogP contribution >= 0.6 is 7.82 Å². The van der Waals surface area contributed by atoms with Gasteiger partial charge >= 0.3 is 19.8 Å². The van der Waals surface area contributed by atoms with Crippen LogP contribution in [0.3, 0.4) is 0 Å². The number of phosphoric ester groups is 1. The SMILES string of the molecule is CC/C=C\C/C=C\C/C=C\C/C=C\C/C=C\CCCCCCCCCCCCCCCCCCCCCCCC(=O)OC(COC(=O)CCCCCCCCCCC/C=C\C/C=C\C/C=C\C/C=C\C/C=C\CC)COP(=O)(O)OCCN. The van der Waals surface area contributed by atoms with E-state index in [1.54, 1.807) is 0 Å². The maximum atomic E-state index is 12.8. The largest absolute Gasteiger partial charge is 0.472 e. The molecule has 0 aliphatic carbocycles. The molecule has 0 heterocycles. The van der Waals surface area contributed by atoms with Crippen LogP contribution in [0, 0.1) is 0 Å². The van der Waals surface area contributed by atoms with Crippen LogP contribution in [0.1, 0.15) is 296 Å². The van der Waals surface area contributed by atoms with E-state index in [0.29, 0.717) is 6.42 Å². The monoisotopic (exact) mass is 1180 g/mol. The first-order valence-electron chi connectivity index (χ1n) is 34.0. The van der Waals surface area contributed by atoms with E-state index in [-0.39, 0.29) is 38.6 Å². The van der Waals surface area contributed by atoms with Crippen molar-refractivity contribution in [3.8, 4) is 0 Å². The number of ether oxygens (including phenoxy) is 2. The minimum atomic E-state index is -4.40. The Morgan fingerprint density at radius 2 is 0.627 bits per heavy atom. The van der Waals surface area contributed by atoms with Crippen molar-refractivity contribution in [2.45, 2.75) is 302 Å². The first-order valence-corrected chi connectivity index (χ1v) is 35.5. The normalized spacial score (nSPS) is 13.7. The Kier molecular flexibility index (Phi) is 64.6. The van der Waals surface area contributed by atoms with Crippen LogP contribution in [0.25, 0.3) is 0 Å². The summed E-state index contributed by atoms with van der Waals surface area (Å²) in [6.07, 6.45) is 94.3. The van der Waals surface area contributed by atoms with E-state index < -0.39 is 26.5 Å². The molecule has 0 aliphatic heterocycles. The van der Waals surface area contributed by atoms with Gasteiger partial charge in [0.2, 0.25) is 0 Å². The number of esters is 2. The highest BCUT2D eigenvalue weighted by Crippen LogP contribution is 2.43. The van der Waals surface area contributed by atoms with Crippen molar-refractivity contribution >= 4 is 19.8 Å². The zero-order valence-electron chi connectivity index (χ0n) is 53.4. The summed E-state index contributed by atoms with van der Waals surface area (Å²) in [6.45, 7) is 3.53. The molecule has 0 aliphatic rings. The highest BCUT2D eigenvalue weighted by Gasteiger charge is 2.26. The van der Waals surface area contributed by atoms with Crippen molar-refractivity contribution in [2.75, 3.05) is 26.4 Å². The molecule has 2 atom stereocenters. The quantitative estimate of drug-likeness (QED) is 0.0264. The fourth-order valence-electron chi connectivity index (χ4n) is 9.40. The summed E-state index contributed by atoms with van der Waals surface area (Å²) < 4.78 is 33.2. The lowest BCUT2D eigenvalue weighted by atomic mass is 10.0. The molecule has 9 nitrogen and oxygen atoms in total.